The van der Waals surface area contributed by atoms with E-state index in [0.29, 0.717) is 5.69 Å². The molecule has 1 aromatic carbocycles. The highest BCUT2D eigenvalue weighted by Crippen LogP contribution is 2.35. The van der Waals surface area contributed by atoms with E-state index in [-0.39, 0.29) is 11.4 Å². The average Bonchev–Trinajstić information content (AvgIpc) is 1.99. The van der Waals surface area contributed by atoms with Crippen molar-refractivity contribution in [1.82, 2.24) is 0 Å². The second kappa shape index (κ2) is 3.15. The van der Waals surface area contributed by atoms with E-state index in [2.05, 4.69) is 12.2 Å². The van der Waals surface area contributed by atoms with Crippen LogP contribution in [0.3, 0.4) is 0 Å². The molecule has 0 amide bonds. The van der Waals surface area contributed by atoms with Gasteiger partial charge < -0.3 is 11.1 Å². The maximum absolute atomic E-state index is 13.0. The topological polar surface area (TPSA) is 38.0 Å². The molecule has 1 saturated carbocycles. The van der Waals surface area contributed by atoms with Crippen LogP contribution in [-0.4, -0.2) is 5.54 Å². The van der Waals surface area contributed by atoms with Gasteiger partial charge in [0.15, 0.2) is 0 Å². The van der Waals surface area contributed by atoms with Crippen LogP contribution in [0.1, 0.15) is 26.2 Å². The van der Waals surface area contributed by atoms with Gasteiger partial charge in [0.1, 0.15) is 5.82 Å². The van der Waals surface area contributed by atoms with E-state index in [1.807, 2.05) is 0 Å². The summed E-state index contributed by atoms with van der Waals surface area (Å²) < 4.78 is 13.0. The summed E-state index contributed by atoms with van der Waals surface area (Å²) in [4.78, 5) is 0. The molecule has 2 nitrogen and oxygen atoms in total. The summed E-state index contributed by atoms with van der Waals surface area (Å²) in [7, 11) is 0. The molecule has 2 rings (SSSR count). The normalized spacial score (nSPS) is 18.7. The Labute approximate surface area is 83.3 Å². The first-order valence-electron chi connectivity index (χ1n) is 4.92. The lowest BCUT2D eigenvalue weighted by Gasteiger charge is -2.40. The Bertz CT molecular complexity index is 325. The van der Waals surface area contributed by atoms with Crippen LogP contribution in [0.25, 0.3) is 0 Å². The smallest absolute Gasteiger partial charge is 0.127 e. The van der Waals surface area contributed by atoms with Crippen LogP contribution in [0.5, 0.6) is 0 Å². The number of anilines is 2. The van der Waals surface area contributed by atoms with Crippen molar-refractivity contribution in [2.24, 2.45) is 0 Å². The van der Waals surface area contributed by atoms with Gasteiger partial charge in [-0.05, 0) is 44.4 Å². The van der Waals surface area contributed by atoms with Crippen molar-refractivity contribution in [3.8, 4) is 0 Å². The van der Waals surface area contributed by atoms with Gasteiger partial charge in [-0.25, -0.2) is 4.39 Å². The van der Waals surface area contributed by atoms with Crippen molar-refractivity contribution in [2.45, 2.75) is 31.7 Å². The fraction of sp³-hybridized carbons (Fsp3) is 0.455. The molecule has 3 N–H and O–H groups in total. The van der Waals surface area contributed by atoms with Crippen LogP contribution in [0.4, 0.5) is 15.8 Å². The van der Waals surface area contributed by atoms with Crippen molar-refractivity contribution in [3.05, 3.63) is 24.0 Å². The average molecular weight is 194 g/mol. The lowest BCUT2D eigenvalue weighted by molar-refractivity contribution is 0.306. The van der Waals surface area contributed by atoms with Crippen LogP contribution in [0.2, 0.25) is 0 Å². The van der Waals surface area contributed by atoms with Crippen LogP contribution in [0, 0.1) is 5.82 Å². The van der Waals surface area contributed by atoms with Crippen molar-refractivity contribution < 1.29 is 4.39 Å². The van der Waals surface area contributed by atoms with E-state index in [0.717, 1.165) is 18.5 Å². The van der Waals surface area contributed by atoms with Gasteiger partial charge in [-0.3, -0.25) is 0 Å². The van der Waals surface area contributed by atoms with Gasteiger partial charge in [0.05, 0.1) is 0 Å². The minimum absolute atomic E-state index is 0.139. The van der Waals surface area contributed by atoms with E-state index in [4.69, 9.17) is 5.73 Å². The molecule has 1 aromatic rings. The summed E-state index contributed by atoms with van der Waals surface area (Å²) in [6.07, 6.45) is 3.53. The molecule has 0 radical (unpaired) electrons. The van der Waals surface area contributed by atoms with E-state index < -0.39 is 0 Å². The Balaban J connectivity index is 2.16. The quantitative estimate of drug-likeness (QED) is 0.710. The highest BCUT2D eigenvalue weighted by Gasteiger charge is 2.31. The minimum atomic E-state index is -0.282. The summed E-state index contributed by atoms with van der Waals surface area (Å²) in [5.74, 6) is -0.282. The Morgan fingerprint density at radius 2 is 2.07 bits per heavy atom. The van der Waals surface area contributed by atoms with Crippen molar-refractivity contribution >= 4 is 11.4 Å². The summed E-state index contributed by atoms with van der Waals surface area (Å²) in [5.41, 5.74) is 6.95. The maximum Gasteiger partial charge on any atom is 0.127 e. The Kier molecular flexibility index (Phi) is 2.10. The van der Waals surface area contributed by atoms with Crippen molar-refractivity contribution in [3.63, 3.8) is 0 Å². The summed E-state index contributed by atoms with van der Waals surface area (Å²) in [6, 6.07) is 4.58. The molecule has 76 valence electrons. The van der Waals surface area contributed by atoms with E-state index in [9.17, 15) is 4.39 Å². The van der Waals surface area contributed by atoms with Crippen molar-refractivity contribution in [2.75, 3.05) is 11.1 Å². The number of hydrogen-bond acceptors (Lipinski definition) is 2. The van der Waals surface area contributed by atoms with Gasteiger partial charge in [0.2, 0.25) is 0 Å². The third kappa shape index (κ3) is 1.81. The predicted molar refractivity (Wildman–Crippen MR) is 56.7 cm³/mol. The number of nitrogen functional groups attached to an aromatic ring is 1. The first kappa shape index (κ1) is 9.31. The minimum Gasteiger partial charge on any atom is -0.399 e. The second-order valence-corrected chi connectivity index (χ2v) is 4.31. The first-order chi connectivity index (χ1) is 6.57. The van der Waals surface area contributed by atoms with Crippen LogP contribution in [0.15, 0.2) is 18.2 Å². The Hall–Kier alpha value is -1.25. The number of benzene rings is 1. The molecule has 1 aliphatic rings. The summed E-state index contributed by atoms with van der Waals surface area (Å²) in [6.45, 7) is 2.15. The third-order valence-corrected chi connectivity index (χ3v) is 2.82. The number of hydrogen-bond donors (Lipinski definition) is 2. The molecule has 1 aliphatic carbocycles. The molecule has 0 spiro atoms. The number of halogens is 1. The third-order valence-electron chi connectivity index (χ3n) is 2.82. The molecular formula is C11H15FN2. The standard InChI is InChI=1S/C11H15FN2/c1-11(3-2-4-11)14-10-6-8(12)5-9(13)7-10/h5-7,14H,2-4,13H2,1H3. The zero-order chi connectivity index (χ0) is 10.2. The Morgan fingerprint density at radius 3 is 2.57 bits per heavy atom. The van der Waals surface area contributed by atoms with Gasteiger partial charge in [-0.1, -0.05) is 0 Å². The summed E-state index contributed by atoms with van der Waals surface area (Å²) >= 11 is 0. The van der Waals surface area contributed by atoms with E-state index in [1.165, 1.54) is 18.6 Å². The molecule has 0 aromatic heterocycles. The molecule has 0 aliphatic heterocycles. The molecule has 3 heteroatoms. The van der Waals surface area contributed by atoms with E-state index >= 15 is 0 Å². The van der Waals surface area contributed by atoms with E-state index in [1.54, 1.807) is 6.07 Å². The summed E-state index contributed by atoms with van der Waals surface area (Å²) in [5, 5.41) is 3.32. The molecule has 0 bridgehead atoms. The zero-order valence-corrected chi connectivity index (χ0v) is 8.31. The first-order valence-corrected chi connectivity index (χ1v) is 4.92. The maximum atomic E-state index is 13.0. The largest absolute Gasteiger partial charge is 0.399 e. The SMILES string of the molecule is CC1(Nc2cc(N)cc(F)c2)CCC1. The lowest BCUT2D eigenvalue weighted by atomic mass is 9.78. The molecule has 14 heavy (non-hydrogen) atoms. The fourth-order valence-electron chi connectivity index (χ4n) is 1.87. The molecular weight excluding hydrogens is 179 g/mol. The predicted octanol–water partition coefficient (Wildman–Crippen LogP) is 2.76. The number of nitrogens with one attached hydrogen (secondary N) is 1. The lowest BCUT2D eigenvalue weighted by Crippen LogP contribution is -2.41. The van der Waals surface area contributed by atoms with Crippen LogP contribution >= 0.6 is 0 Å². The molecule has 0 heterocycles. The monoisotopic (exact) mass is 194 g/mol. The van der Waals surface area contributed by atoms with Gasteiger partial charge in [-0.2, -0.15) is 0 Å². The van der Waals surface area contributed by atoms with Crippen LogP contribution in [-0.2, 0) is 0 Å². The second-order valence-electron chi connectivity index (χ2n) is 4.31. The molecule has 1 fully saturated rings. The number of rotatable bonds is 2. The zero-order valence-electron chi connectivity index (χ0n) is 8.31. The molecule has 0 saturated heterocycles. The van der Waals surface area contributed by atoms with Gasteiger partial charge >= 0.3 is 0 Å². The Morgan fingerprint density at radius 1 is 1.36 bits per heavy atom. The highest BCUT2D eigenvalue weighted by atomic mass is 19.1. The van der Waals surface area contributed by atoms with Gasteiger partial charge in [0, 0.05) is 16.9 Å². The molecule has 0 atom stereocenters. The van der Waals surface area contributed by atoms with Gasteiger partial charge in [0.25, 0.3) is 0 Å². The molecule has 0 unspecified atom stereocenters. The number of nitrogens with two attached hydrogens (primary N) is 1. The van der Waals surface area contributed by atoms with Gasteiger partial charge in [-0.15, -0.1) is 0 Å². The highest BCUT2D eigenvalue weighted by molar-refractivity contribution is 5.56. The fourth-order valence-corrected chi connectivity index (χ4v) is 1.87. The van der Waals surface area contributed by atoms with Crippen LogP contribution < -0.4 is 11.1 Å². The van der Waals surface area contributed by atoms with Crippen molar-refractivity contribution in [1.29, 1.82) is 0 Å².